The van der Waals surface area contributed by atoms with E-state index >= 15 is 0 Å². The van der Waals surface area contributed by atoms with Gasteiger partial charge in [-0.1, -0.05) is 18.3 Å². The van der Waals surface area contributed by atoms with Gasteiger partial charge in [-0.15, -0.1) is 0 Å². The van der Waals surface area contributed by atoms with Gasteiger partial charge < -0.3 is 19.4 Å². The number of nitrogens with zero attached hydrogens (tertiary/aromatic N) is 9. The second kappa shape index (κ2) is 13.6. The van der Waals surface area contributed by atoms with Crippen LogP contribution in [-0.4, -0.2) is 85.0 Å². The molecule has 1 fully saturated rings. The lowest BCUT2D eigenvalue weighted by Gasteiger charge is -2.35. The van der Waals surface area contributed by atoms with Gasteiger partial charge in [-0.2, -0.15) is 5.26 Å². The predicted molar refractivity (Wildman–Crippen MR) is 184 cm³/mol. The molecular weight excluding hydrogens is 646 g/mol. The maximum Gasteiger partial charge on any atom is 0.410 e. The van der Waals surface area contributed by atoms with Gasteiger partial charge in [-0.05, 0) is 63.6 Å². The number of anilines is 2. The standard InChI is InChI=1S/C35H36FN9O3S/c1-6-26-32(42(5)33-41-31(27(18-37)49-33)22-7-10-25(36)11-8-22)45-21-23(9-12-29(45)40-26)24-19-38-28(39-20-24)17-30(46)43-13-15-44(16-14-43)34(47)48-35(2,3)4/h7-12,19-21H,6,13-17H2,1-5H3. The fourth-order valence-corrected chi connectivity index (χ4v) is 6.42. The second-order valence-electron chi connectivity index (χ2n) is 12.6. The van der Waals surface area contributed by atoms with Crippen LogP contribution in [0.15, 0.2) is 55.0 Å². The molecular formula is C35H36FN9O3S. The third-order valence-electron chi connectivity index (χ3n) is 8.07. The number of ether oxygens (including phenoxy) is 1. The van der Waals surface area contributed by atoms with E-state index in [1.807, 2.05) is 62.4 Å². The van der Waals surface area contributed by atoms with Crippen LogP contribution >= 0.6 is 11.3 Å². The molecule has 1 saturated heterocycles. The number of aryl methyl sites for hydroxylation is 1. The summed E-state index contributed by atoms with van der Waals surface area (Å²) < 4.78 is 21.0. The summed E-state index contributed by atoms with van der Waals surface area (Å²) in [7, 11) is 1.88. The van der Waals surface area contributed by atoms with Crippen LogP contribution in [0.3, 0.4) is 0 Å². The zero-order valence-corrected chi connectivity index (χ0v) is 28.8. The number of piperazine rings is 1. The molecule has 0 radical (unpaired) electrons. The number of amides is 2. The number of halogens is 1. The number of aromatic nitrogens is 5. The van der Waals surface area contributed by atoms with Gasteiger partial charge in [0.25, 0.3) is 0 Å². The molecule has 0 saturated carbocycles. The van der Waals surface area contributed by atoms with Gasteiger partial charge >= 0.3 is 6.09 Å². The van der Waals surface area contributed by atoms with Crippen molar-refractivity contribution in [3.8, 4) is 28.5 Å². The van der Waals surface area contributed by atoms with Crippen molar-refractivity contribution in [1.29, 1.82) is 5.26 Å². The third kappa shape index (κ3) is 7.22. The van der Waals surface area contributed by atoms with Crippen molar-refractivity contribution in [3.05, 3.63) is 77.2 Å². The van der Waals surface area contributed by atoms with E-state index < -0.39 is 5.60 Å². The van der Waals surface area contributed by atoms with Gasteiger partial charge in [0.1, 0.15) is 45.3 Å². The number of hydrogen-bond acceptors (Lipinski definition) is 10. The van der Waals surface area contributed by atoms with Crippen LogP contribution in [0.1, 0.15) is 44.1 Å². The lowest BCUT2D eigenvalue weighted by atomic mass is 10.1. The maximum absolute atomic E-state index is 13.6. The average Bonchev–Trinajstić information content (AvgIpc) is 3.69. The Kier molecular flexibility index (Phi) is 9.29. The van der Waals surface area contributed by atoms with Crippen LogP contribution in [0, 0.1) is 17.1 Å². The van der Waals surface area contributed by atoms with Gasteiger partial charge in [0.2, 0.25) is 5.91 Å². The highest BCUT2D eigenvalue weighted by atomic mass is 32.1. The number of carbonyl (C=O) groups excluding carboxylic acids is 2. The minimum atomic E-state index is -0.572. The molecule has 0 aliphatic carbocycles. The van der Waals surface area contributed by atoms with Crippen LogP contribution in [0.25, 0.3) is 28.0 Å². The number of benzene rings is 1. The minimum Gasteiger partial charge on any atom is -0.444 e. The Balaban J connectivity index is 1.18. The van der Waals surface area contributed by atoms with Crippen LogP contribution in [0.2, 0.25) is 0 Å². The molecule has 0 N–H and O–H groups in total. The van der Waals surface area contributed by atoms with Crippen molar-refractivity contribution in [2.45, 2.75) is 46.1 Å². The Morgan fingerprint density at radius 1 is 0.980 bits per heavy atom. The molecule has 252 valence electrons. The molecule has 12 nitrogen and oxygen atoms in total. The molecule has 5 aromatic rings. The molecule has 0 spiro atoms. The first kappa shape index (κ1) is 33.5. The number of imidazole rings is 1. The third-order valence-corrected chi connectivity index (χ3v) is 9.11. The molecule has 49 heavy (non-hydrogen) atoms. The Hall–Kier alpha value is -5.42. The van der Waals surface area contributed by atoms with Crippen LogP contribution in [-0.2, 0) is 22.4 Å². The van der Waals surface area contributed by atoms with Crippen LogP contribution in [0.5, 0.6) is 0 Å². The van der Waals surface area contributed by atoms with Crippen molar-refractivity contribution < 1.29 is 18.7 Å². The number of pyridine rings is 1. The average molecular weight is 682 g/mol. The predicted octanol–water partition coefficient (Wildman–Crippen LogP) is 5.88. The van der Waals surface area contributed by atoms with Crippen molar-refractivity contribution in [2.24, 2.45) is 0 Å². The van der Waals surface area contributed by atoms with E-state index in [1.165, 1.54) is 23.5 Å². The maximum atomic E-state index is 13.6. The summed E-state index contributed by atoms with van der Waals surface area (Å²) in [5, 5.41) is 10.4. The normalized spacial score (nSPS) is 13.4. The summed E-state index contributed by atoms with van der Waals surface area (Å²) in [6.45, 7) is 9.17. The molecule has 1 aliphatic rings. The van der Waals surface area contributed by atoms with Gasteiger partial charge in [0.15, 0.2) is 5.13 Å². The molecule has 4 aromatic heterocycles. The first-order valence-corrected chi connectivity index (χ1v) is 16.7. The van der Waals surface area contributed by atoms with E-state index in [9.17, 15) is 19.2 Å². The highest BCUT2D eigenvalue weighted by molar-refractivity contribution is 7.16. The lowest BCUT2D eigenvalue weighted by molar-refractivity contribution is -0.132. The smallest absolute Gasteiger partial charge is 0.410 e. The fourth-order valence-electron chi connectivity index (χ4n) is 5.57. The minimum absolute atomic E-state index is 0.0560. The SMILES string of the molecule is CCc1nc2ccc(-c3cnc(CC(=O)N4CCN(C(=O)OC(C)(C)C)CC4)nc3)cn2c1N(C)c1nc(-c2ccc(F)cc2)c(C#N)s1. The van der Waals surface area contributed by atoms with E-state index in [0.717, 1.165) is 28.3 Å². The van der Waals surface area contributed by atoms with Gasteiger partial charge in [-0.25, -0.2) is 29.1 Å². The number of carbonyl (C=O) groups is 2. The highest BCUT2D eigenvalue weighted by Gasteiger charge is 2.28. The Morgan fingerprint density at radius 3 is 2.27 bits per heavy atom. The molecule has 0 unspecified atom stereocenters. The van der Waals surface area contributed by atoms with Crippen molar-refractivity contribution >= 4 is 39.9 Å². The van der Waals surface area contributed by atoms with Crippen molar-refractivity contribution in [1.82, 2.24) is 34.1 Å². The Labute approximate surface area is 287 Å². The first-order valence-electron chi connectivity index (χ1n) is 15.9. The summed E-state index contributed by atoms with van der Waals surface area (Å²) >= 11 is 1.26. The molecule has 14 heteroatoms. The number of thiazole rings is 1. The summed E-state index contributed by atoms with van der Waals surface area (Å²) in [5.74, 6) is 0.762. The van der Waals surface area contributed by atoms with Crippen LogP contribution in [0.4, 0.5) is 20.1 Å². The van der Waals surface area contributed by atoms with E-state index in [0.29, 0.717) is 59.7 Å². The molecule has 0 bridgehead atoms. The zero-order chi connectivity index (χ0) is 34.9. The monoisotopic (exact) mass is 681 g/mol. The molecule has 0 atom stereocenters. The number of hydrogen-bond donors (Lipinski definition) is 0. The lowest BCUT2D eigenvalue weighted by Crippen LogP contribution is -2.52. The fraction of sp³-hybridized carbons (Fsp3) is 0.343. The quantitative estimate of drug-likeness (QED) is 0.207. The van der Waals surface area contributed by atoms with Crippen molar-refractivity contribution in [3.63, 3.8) is 0 Å². The molecule has 2 amide bonds. The number of nitriles is 1. The highest BCUT2D eigenvalue weighted by Crippen LogP contribution is 2.37. The van der Waals surface area contributed by atoms with E-state index in [-0.39, 0.29) is 24.2 Å². The topological polar surface area (TPSA) is 133 Å². The molecule has 1 aromatic carbocycles. The zero-order valence-electron chi connectivity index (χ0n) is 28.0. The largest absolute Gasteiger partial charge is 0.444 e. The number of fused-ring (bicyclic) bond motifs is 1. The first-order chi connectivity index (χ1) is 23.4. The summed E-state index contributed by atoms with van der Waals surface area (Å²) in [6, 6.07) is 12.0. The number of rotatable bonds is 7. The van der Waals surface area contributed by atoms with Crippen LogP contribution < -0.4 is 4.90 Å². The summed E-state index contributed by atoms with van der Waals surface area (Å²) in [4.78, 5) is 49.7. The van der Waals surface area contributed by atoms with Gasteiger partial charge in [0, 0.05) is 68.5 Å². The van der Waals surface area contributed by atoms with E-state index in [2.05, 4.69) is 16.0 Å². The summed E-state index contributed by atoms with van der Waals surface area (Å²) in [5.41, 5.74) is 3.81. The molecule has 1 aliphatic heterocycles. The van der Waals surface area contributed by atoms with Gasteiger partial charge in [-0.3, -0.25) is 9.20 Å². The van der Waals surface area contributed by atoms with E-state index in [4.69, 9.17) is 14.7 Å². The molecule has 5 heterocycles. The van der Waals surface area contributed by atoms with Crippen molar-refractivity contribution in [2.75, 3.05) is 38.1 Å². The Morgan fingerprint density at radius 2 is 1.63 bits per heavy atom. The second-order valence-corrected chi connectivity index (χ2v) is 13.6. The van der Waals surface area contributed by atoms with Gasteiger partial charge in [0.05, 0.1) is 12.1 Å². The Bertz CT molecular complexity index is 2040. The summed E-state index contributed by atoms with van der Waals surface area (Å²) in [6.07, 6.45) is 5.71. The van der Waals surface area contributed by atoms with E-state index in [1.54, 1.807) is 34.3 Å². The molecule has 6 rings (SSSR count).